The monoisotopic (exact) mass is 424 g/mol. The maximum Gasteiger partial charge on any atom is 0.416 e. The molecule has 2 amide bonds. The Hall–Kier alpha value is -2.94. The van der Waals surface area contributed by atoms with Crippen LogP contribution in [0.25, 0.3) is 6.08 Å². The second kappa shape index (κ2) is 8.60. The van der Waals surface area contributed by atoms with E-state index in [9.17, 15) is 22.8 Å². The Balaban J connectivity index is 1.49. The van der Waals surface area contributed by atoms with Gasteiger partial charge in [0.25, 0.3) is 0 Å². The van der Waals surface area contributed by atoms with Crippen LogP contribution < -0.4 is 5.32 Å². The van der Waals surface area contributed by atoms with E-state index < -0.39 is 17.6 Å². The molecule has 0 unspecified atom stereocenters. The van der Waals surface area contributed by atoms with Gasteiger partial charge in [0.15, 0.2) is 0 Å². The molecule has 0 saturated carbocycles. The number of hydrogen-bond acceptors (Lipinski definition) is 4. The first-order chi connectivity index (χ1) is 13.7. The third kappa shape index (κ3) is 5.54. The fourth-order valence-corrected chi connectivity index (χ4v) is 2.94. The van der Waals surface area contributed by atoms with Crippen molar-refractivity contribution < 1.29 is 22.8 Å². The third-order valence-electron chi connectivity index (χ3n) is 4.34. The molecule has 10 heteroatoms. The molecule has 3 rings (SSSR count). The average molecular weight is 425 g/mol. The van der Waals surface area contributed by atoms with E-state index in [2.05, 4.69) is 15.3 Å². The molecule has 1 N–H and O–H groups in total. The number of benzene rings is 1. The number of rotatable bonds is 4. The number of halogens is 4. The highest BCUT2D eigenvalue weighted by Crippen LogP contribution is 2.29. The first-order valence-electron chi connectivity index (χ1n) is 8.63. The number of carbonyl (C=O) groups is 2. The number of aromatic nitrogens is 2. The summed E-state index contributed by atoms with van der Waals surface area (Å²) in [6.07, 6.45) is 0.253. The number of carbonyl (C=O) groups excluding carboxylic acids is 2. The second-order valence-corrected chi connectivity index (χ2v) is 6.69. The van der Waals surface area contributed by atoms with Crippen molar-refractivity contribution in [2.75, 3.05) is 13.1 Å². The van der Waals surface area contributed by atoms with Gasteiger partial charge in [-0.1, -0.05) is 12.1 Å². The lowest BCUT2D eigenvalue weighted by molar-refractivity contribution is -0.137. The fourth-order valence-electron chi connectivity index (χ4n) is 2.79. The molecule has 0 radical (unpaired) electrons. The Morgan fingerprint density at radius 1 is 1.24 bits per heavy atom. The van der Waals surface area contributed by atoms with Gasteiger partial charge in [0.1, 0.15) is 0 Å². The van der Waals surface area contributed by atoms with Gasteiger partial charge in [-0.05, 0) is 35.4 Å². The topological polar surface area (TPSA) is 75.2 Å². The Morgan fingerprint density at radius 2 is 1.97 bits per heavy atom. The number of nitrogens with one attached hydrogen (secondary N) is 1. The van der Waals surface area contributed by atoms with Gasteiger partial charge >= 0.3 is 6.18 Å². The van der Waals surface area contributed by atoms with Crippen molar-refractivity contribution in [2.45, 2.75) is 19.1 Å². The smallest absolute Gasteiger partial charge is 0.343 e. The first kappa shape index (κ1) is 20.8. The van der Waals surface area contributed by atoms with Crippen molar-refractivity contribution in [3.63, 3.8) is 0 Å². The average Bonchev–Trinajstić information content (AvgIpc) is 2.69. The van der Waals surface area contributed by atoms with E-state index in [1.54, 1.807) is 11.1 Å². The molecule has 1 aliphatic heterocycles. The summed E-state index contributed by atoms with van der Waals surface area (Å²) in [4.78, 5) is 33.8. The molecule has 2 aromatic rings. The van der Waals surface area contributed by atoms with Crippen molar-refractivity contribution >= 4 is 29.5 Å². The zero-order valence-corrected chi connectivity index (χ0v) is 15.8. The molecule has 0 bridgehead atoms. The third-order valence-corrected chi connectivity index (χ3v) is 4.52. The van der Waals surface area contributed by atoms with Gasteiger partial charge in [-0.3, -0.25) is 9.59 Å². The van der Waals surface area contributed by atoms with E-state index >= 15 is 0 Å². The minimum absolute atomic E-state index is 0.163. The Labute approximate surface area is 169 Å². The molecule has 0 aliphatic carbocycles. The molecule has 0 spiro atoms. The van der Waals surface area contributed by atoms with Crippen LogP contribution in [-0.2, 0) is 28.7 Å². The molecule has 1 aliphatic rings. The summed E-state index contributed by atoms with van der Waals surface area (Å²) in [6, 6.07) is 4.40. The first-order valence-corrected chi connectivity index (χ1v) is 9.01. The van der Waals surface area contributed by atoms with Crippen LogP contribution >= 0.6 is 11.6 Å². The van der Waals surface area contributed by atoms with E-state index in [1.165, 1.54) is 18.2 Å². The van der Waals surface area contributed by atoms with E-state index in [0.717, 1.165) is 29.5 Å². The molecule has 29 heavy (non-hydrogen) atoms. The summed E-state index contributed by atoms with van der Waals surface area (Å²) < 4.78 is 37.6. The normalized spacial score (nSPS) is 14.0. The zero-order valence-electron chi connectivity index (χ0n) is 15.0. The molecule has 0 atom stereocenters. The van der Waals surface area contributed by atoms with Gasteiger partial charge in [0, 0.05) is 37.3 Å². The molecule has 0 fully saturated rings. The molecule has 2 heterocycles. The van der Waals surface area contributed by atoms with Crippen LogP contribution in [0, 0.1) is 0 Å². The maximum atomic E-state index is 12.5. The second-order valence-electron chi connectivity index (χ2n) is 6.35. The summed E-state index contributed by atoms with van der Waals surface area (Å²) in [5.74, 6) is -0.785. The van der Waals surface area contributed by atoms with Gasteiger partial charge in [-0.15, -0.1) is 0 Å². The van der Waals surface area contributed by atoms with Crippen LogP contribution in [0.4, 0.5) is 13.2 Å². The van der Waals surface area contributed by atoms with Crippen LogP contribution in [0.1, 0.15) is 22.4 Å². The fraction of sp³-hybridized carbons (Fsp3) is 0.263. The van der Waals surface area contributed by atoms with Gasteiger partial charge in [-0.2, -0.15) is 13.2 Å². The molecule has 6 nitrogen and oxygen atoms in total. The lowest BCUT2D eigenvalue weighted by Gasteiger charge is -2.28. The largest absolute Gasteiger partial charge is 0.416 e. The molecule has 1 aromatic carbocycles. The minimum atomic E-state index is -4.41. The molecule has 0 saturated heterocycles. The summed E-state index contributed by atoms with van der Waals surface area (Å²) in [6.45, 7) is 0.596. The number of nitrogens with zero attached hydrogens (tertiary/aromatic N) is 3. The molecule has 152 valence electrons. The Bertz CT molecular complexity index is 945. The van der Waals surface area contributed by atoms with Gasteiger partial charge in [0.2, 0.25) is 17.1 Å². The van der Waals surface area contributed by atoms with Gasteiger partial charge in [0.05, 0.1) is 17.8 Å². The van der Waals surface area contributed by atoms with Crippen LogP contribution in [0.2, 0.25) is 5.28 Å². The quantitative estimate of drug-likeness (QED) is 0.605. The van der Waals surface area contributed by atoms with Crippen molar-refractivity contribution in [1.82, 2.24) is 20.2 Å². The number of hydrogen-bond donors (Lipinski definition) is 1. The summed E-state index contributed by atoms with van der Waals surface area (Å²) in [5.41, 5.74) is 1.28. The van der Waals surface area contributed by atoms with Crippen molar-refractivity contribution in [2.24, 2.45) is 0 Å². The number of amides is 2. The number of alkyl halides is 3. The van der Waals surface area contributed by atoms with Crippen molar-refractivity contribution in [1.29, 1.82) is 0 Å². The lowest BCUT2D eigenvalue weighted by atomic mass is 10.1. The predicted octanol–water partition coefficient (Wildman–Crippen LogP) is 2.86. The lowest BCUT2D eigenvalue weighted by Crippen LogP contribution is -2.42. The van der Waals surface area contributed by atoms with E-state index in [4.69, 9.17) is 11.6 Å². The van der Waals surface area contributed by atoms with Crippen molar-refractivity contribution in [3.8, 4) is 0 Å². The van der Waals surface area contributed by atoms with E-state index in [0.29, 0.717) is 25.1 Å². The zero-order chi connectivity index (χ0) is 21.0. The molecular formula is C19H16ClF3N4O2. The van der Waals surface area contributed by atoms with Crippen LogP contribution in [0.15, 0.2) is 36.5 Å². The van der Waals surface area contributed by atoms with Crippen molar-refractivity contribution in [3.05, 3.63) is 64.2 Å². The standard InChI is InChI=1S/C19H16ClF3N4O2/c20-18-25-9-13-11-27(8-7-15(13)26-18)17(29)10-24-16(28)6-3-12-1-4-14(5-2-12)19(21,22)23/h1-6,9H,7-8,10-11H2,(H,24,28)/b6-3+. The minimum Gasteiger partial charge on any atom is -0.343 e. The number of fused-ring (bicyclic) bond motifs is 1. The highest BCUT2D eigenvalue weighted by molar-refractivity contribution is 6.28. The predicted molar refractivity (Wildman–Crippen MR) is 99.7 cm³/mol. The van der Waals surface area contributed by atoms with Gasteiger partial charge < -0.3 is 10.2 Å². The van der Waals surface area contributed by atoms with Crippen LogP contribution in [-0.4, -0.2) is 39.8 Å². The van der Waals surface area contributed by atoms with E-state index in [1.807, 2.05) is 0 Å². The highest BCUT2D eigenvalue weighted by Gasteiger charge is 2.29. The maximum absolute atomic E-state index is 12.5. The van der Waals surface area contributed by atoms with Crippen LogP contribution in [0.5, 0.6) is 0 Å². The SMILES string of the molecule is O=C(/C=C/c1ccc(C(F)(F)F)cc1)NCC(=O)N1CCc2nc(Cl)ncc2C1. The molecular weight excluding hydrogens is 409 g/mol. The summed E-state index contributed by atoms with van der Waals surface area (Å²) in [5, 5.41) is 2.63. The van der Waals surface area contributed by atoms with Crippen LogP contribution in [0.3, 0.4) is 0 Å². The van der Waals surface area contributed by atoms with E-state index in [-0.39, 0.29) is 17.7 Å². The molecule has 1 aromatic heterocycles. The highest BCUT2D eigenvalue weighted by atomic mass is 35.5. The Morgan fingerprint density at radius 3 is 2.66 bits per heavy atom. The van der Waals surface area contributed by atoms with Gasteiger partial charge in [-0.25, -0.2) is 9.97 Å². The Kier molecular flexibility index (Phi) is 6.17. The summed E-state index contributed by atoms with van der Waals surface area (Å²) in [7, 11) is 0. The summed E-state index contributed by atoms with van der Waals surface area (Å²) >= 11 is 5.76.